The Bertz CT molecular complexity index is 90.4. The van der Waals surface area contributed by atoms with E-state index in [4.69, 9.17) is 0 Å². The number of nitrogens with zero attached hydrogens (tertiary/aromatic N) is 2. The van der Waals surface area contributed by atoms with Crippen molar-refractivity contribution < 1.29 is 5.11 Å². The third kappa shape index (κ3) is 1.82. The molecule has 0 aliphatic carbocycles. The lowest BCUT2D eigenvalue weighted by molar-refractivity contribution is -0.233. The molecule has 3 nitrogen and oxygen atoms in total. The van der Waals surface area contributed by atoms with E-state index in [0.29, 0.717) is 0 Å². The van der Waals surface area contributed by atoms with Gasteiger partial charge in [0.25, 0.3) is 0 Å². The molecule has 0 aliphatic rings. The van der Waals surface area contributed by atoms with E-state index in [1.807, 2.05) is 6.92 Å². The molecule has 0 aromatic carbocycles. The Labute approximate surface area is 49.6 Å². The predicted molar refractivity (Wildman–Crippen MR) is 31.7 cm³/mol. The molecule has 0 radical (unpaired) electrons. The van der Waals surface area contributed by atoms with Crippen LogP contribution in [0.1, 0.15) is 6.92 Å². The summed E-state index contributed by atoms with van der Waals surface area (Å²) in [5, 5.41) is 10.5. The van der Waals surface area contributed by atoms with E-state index >= 15 is 0 Å². The number of hydrogen-bond acceptors (Lipinski definition) is 2. The molecule has 0 saturated heterocycles. The van der Waals surface area contributed by atoms with E-state index in [0.717, 1.165) is 6.54 Å². The second-order valence-electron chi connectivity index (χ2n) is 1.52. The van der Waals surface area contributed by atoms with Gasteiger partial charge in [-0.05, 0) is 6.92 Å². The Morgan fingerprint density at radius 2 is 2.25 bits per heavy atom. The lowest BCUT2D eigenvalue weighted by Gasteiger charge is -2.22. The highest BCUT2D eigenvalue weighted by atomic mass is 16.3. The van der Waals surface area contributed by atoms with Crippen molar-refractivity contribution in [2.45, 2.75) is 6.92 Å². The number of rotatable bonds is 1. The first-order chi connectivity index (χ1) is 3.72. The quantitative estimate of drug-likeness (QED) is 0.334. The lowest BCUT2D eigenvalue weighted by atomic mass is 10.7. The molecule has 0 atom stereocenters. The van der Waals surface area contributed by atoms with Crippen LogP contribution in [-0.2, 0) is 0 Å². The molecule has 0 heterocycles. The van der Waals surface area contributed by atoms with Crippen molar-refractivity contribution in [3.8, 4) is 0 Å². The molecule has 0 bridgehead atoms. The highest BCUT2D eigenvalue weighted by molar-refractivity contribution is 5.68. The maximum atomic E-state index is 10.5. The van der Waals surface area contributed by atoms with Crippen molar-refractivity contribution in [2.75, 3.05) is 20.6 Å². The fraction of sp³-hybridized carbons (Fsp3) is 0.800. The molecule has 0 amide bonds. The summed E-state index contributed by atoms with van der Waals surface area (Å²) in [6.45, 7) is 2.62. The molecule has 0 aromatic rings. The van der Waals surface area contributed by atoms with Gasteiger partial charge in [-0.1, -0.05) is 0 Å². The predicted octanol–water partition coefficient (Wildman–Crippen LogP) is -0.716. The molecule has 0 aliphatic heterocycles. The first-order valence-corrected chi connectivity index (χ1v) is 2.57. The molecule has 0 aromatic heterocycles. The van der Waals surface area contributed by atoms with Crippen LogP contribution >= 0.6 is 0 Å². The topological polar surface area (TPSA) is 38.7 Å². The van der Waals surface area contributed by atoms with Crippen LogP contribution in [0.25, 0.3) is 0 Å². The maximum Gasteiger partial charge on any atom is 0.0492 e. The summed E-state index contributed by atoms with van der Waals surface area (Å²) in [6.07, 6.45) is 0. The summed E-state index contributed by atoms with van der Waals surface area (Å²) < 4.78 is 0. The van der Waals surface area contributed by atoms with Crippen molar-refractivity contribution in [3.63, 3.8) is 0 Å². The van der Waals surface area contributed by atoms with Gasteiger partial charge in [0.2, 0.25) is 0 Å². The van der Waals surface area contributed by atoms with E-state index < -0.39 is 0 Å². The SMILES string of the molecule is CCN(C)C([O-])=NC. The van der Waals surface area contributed by atoms with Crippen LogP contribution < -0.4 is 5.11 Å². The van der Waals surface area contributed by atoms with E-state index in [1.165, 1.54) is 7.05 Å². The molecule has 8 heavy (non-hydrogen) atoms. The Balaban J connectivity index is 3.63. The summed E-state index contributed by atoms with van der Waals surface area (Å²) in [5.41, 5.74) is 0. The standard InChI is InChI=1S/C5H12N2O/c1-4-7(3)5(8)6-2/h4H2,1-3H3,(H,6,8)/p-1. The Hall–Kier alpha value is -0.730. The highest BCUT2D eigenvalue weighted by Gasteiger charge is 1.85. The highest BCUT2D eigenvalue weighted by Crippen LogP contribution is 1.76. The van der Waals surface area contributed by atoms with Gasteiger partial charge in [-0.2, -0.15) is 0 Å². The zero-order valence-electron chi connectivity index (χ0n) is 5.51. The van der Waals surface area contributed by atoms with Gasteiger partial charge in [0.1, 0.15) is 0 Å². The van der Waals surface area contributed by atoms with Gasteiger partial charge in [0, 0.05) is 26.7 Å². The van der Waals surface area contributed by atoms with E-state index in [1.54, 1.807) is 11.9 Å². The minimum absolute atomic E-state index is 0.160. The zero-order valence-corrected chi connectivity index (χ0v) is 5.51. The summed E-state index contributed by atoms with van der Waals surface area (Å²) in [7, 11) is 3.21. The molecule has 0 rings (SSSR count). The zero-order chi connectivity index (χ0) is 6.57. The molecular weight excluding hydrogens is 104 g/mol. The normalized spacial score (nSPS) is 11.6. The molecule has 0 spiro atoms. The number of amidine groups is 1. The van der Waals surface area contributed by atoms with Gasteiger partial charge >= 0.3 is 0 Å². The van der Waals surface area contributed by atoms with Crippen LogP contribution in [-0.4, -0.2) is 31.6 Å². The van der Waals surface area contributed by atoms with Gasteiger partial charge in [-0.15, -0.1) is 0 Å². The van der Waals surface area contributed by atoms with Crippen LogP contribution in [0.3, 0.4) is 0 Å². The molecule has 0 unspecified atom stereocenters. The average Bonchev–Trinajstić information content (AvgIpc) is 1.84. The van der Waals surface area contributed by atoms with E-state index in [-0.39, 0.29) is 6.02 Å². The van der Waals surface area contributed by atoms with Crippen molar-refractivity contribution in [1.29, 1.82) is 0 Å². The first-order valence-electron chi connectivity index (χ1n) is 2.57. The monoisotopic (exact) mass is 115 g/mol. The van der Waals surface area contributed by atoms with Crippen LogP contribution in [0.4, 0.5) is 0 Å². The van der Waals surface area contributed by atoms with Gasteiger partial charge < -0.3 is 10.0 Å². The third-order valence-corrected chi connectivity index (χ3v) is 0.992. The number of hydrogen-bond donors (Lipinski definition) is 0. The van der Waals surface area contributed by atoms with Crippen molar-refractivity contribution in [2.24, 2.45) is 4.99 Å². The van der Waals surface area contributed by atoms with Crippen LogP contribution in [0.5, 0.6) is 0 Å². The number of aliphatic imine (C=N–C) groups is 1. The minimum atomic E-state index is -0.160. The second-order valence-corrected chi connectivity index (χ2v) is 1.52. The fourth-order valence-electron chi connectivity index (χ4n) is 0.306. The van der Waals surface area contributed by atoms with E-state index in [9.17, 15) is 5.11 Å². The Morgan fingerprint density at radius 1 is 1.75 bits per heavy atom. The second kappa shape index (κ2) is 3.29. The molecule has 3 heteroatoms. The molecule has 0 saturated carbocycles. The average molecular weight is 115 g/mol. The largest absolute Gasteiger partial charge is 0.846 e. The van der Waals surface area contributed by atoms with Crippen LogP contribution in [0, 0.1) is 0 Å². The fourth-order valence-corrected chi connectivity index (χ4v) is 0.306. The summed E-state index contributed by atoms with van der Waals surface area (Å²) in [5.74, 6) is 0. The maximum absolute atomic E-state index is 10.5. The smallest absolute Gasteiger partial charge is 0.0492 e. The van der Waals surface area contributed by atoms with Gasteiger partial charge in [0.15, 0.2) is 0 Å². The van der Waals surface area contributed by atoms with Crippen LogP contribution in [0.2, 0.25) is 0 Å². The molecule has 0 fully saturated rings. The van der Waals surface area contributed by atoms with Crippen molar-refractivity contribution in [3.05, 3.63) is 0 Å². The lowest BCUT2D eigenvalue weighted by Crippen LogP contribution is -2.36. The summed E-state index contributed by atoms with van der Waals surface area (Å²) in [6, 6.07) is -0.160. The summed E-state index contributed by atoms with van der Waals surface area (Å²) >= 11 is 0. The van der Waals surface area contributed by atoms with E-state index in [2.05, 4.69) is 4.99 Å². The van der Waals surface area contributed by atoms with Gasteiger partial charge in [-0.3, -0.25) is 4.99 Å². The van der Waals surface area contributed by atoms with Gasteiger partial charge in [-0.25, -0.2) is 0 Å². The van der Waals surface area contributed by atoms with Crippen molar-refractivity contribution >= 4 is 6.02 Å². The molecule has 0 N–H and O–H groups in total. The van der Waals surface area contributed by atoms with Crippen molar-refractivity contribution in [1.82, 2.24) is 4.90 Å². The van der Waals surface area contributed by atoms with Gasteiger partial charge in [0.05, 0.1) is 0 Å². The Kier molecular flexibility index (Phi) is 2.99. The molecular formula is C5H11N2O-. The first kappa shape index (κ1) is 7.27. The minimum Gasteiger partial charge on any atom is -0.846 e. The summed E-state index contributed by atoms with van der Waals surface area (Å²) in [4.78, 5) is 4.99. The third-order valence-electron chi connectivity index (χ3n) is 0.992. The Morgan fingerprint density at radius 3 is 2.38 bits per heavy atom. The van der Waals surface area contributed by atoms with Crippen LogP contribution in [0.15, 0.2) is 4.99 Å². The molecule has 48 valence electrons.